The zero-order chi connectivity index (χ0) is 13.8. The van der Waals surface area contributed by atoms with Crippen LogP contribution in [0.1, 0.15) is 22.7 Å². The summed E-state index contributed by atoms with van der Waals surface area (Å²) in [6, 6.07) is 10.7. The fourth-order valence-electron chi connectivity index (χ4n) is 2.08. The van der Waals surface area contributed by atoms with Gasteiger partial charge >= 0.3 is 0 Å². The van der Waals surface area contributed by atoms with Gasteiger partial charge in [-0.15, -0.1) is 0 Å². The molecule has 0 fully saturated rings. The lowest BCUT2D eigenvalue weighted by Gasteiger charge is -2.17. The Bertz CT molecular complexity index is 553. The average molecular weight is 262 g/mol. The molecule has 3 N–H and O–H groups in total. The molecule has 2 aromatic carbocycles. The van der Waals surface area contributed by atoms with Crippen molar-refractivity contribution in [2.45, 2.75) is 19.4 Å². The van der Waals surface area contributed by atoms with E-state index in [9.17, 15) is 8.78 Å². The van der Waals surface area contributed by atoms with Crippen LogP contribution in [0, 0.1) is 18.6 Å². The van der Waals surface area contributed by atoms with Crippen LogP contribution in [0.3, 0.4) is 0 Å². The summed E-state index contributed by atoms with van der Waals surface area (Å²) >= 11 is 0. The lowest BCUT2D eigenvalue weighted by atomic mass is 9.96. The Labute approximate surface area is 111 Å². The molecule has 100 valence electrons. The van der Waals surface area contributed by atoms with Crippen LogP contribution in [0.5, 0.6) is 0 Å². The smallest absolute Gasteiger partial charge is 0.123 e. The monoisotopic (exact) mass is 262 g/mol. The summed E-state index contributed by atoms with van der Waals surface area (Å²) in [4.78, 5) is 0. The standard InChI is InChI=1S/C15H16F2N2/c1-10-8-14(17)7-4-12(10)9-15(19-18)11-2-5-13(16)6-3-11/h2-8,15,19H,9,18H2,1H3. The molecule has 1 unspecified atom stereocenters. The van der Waals surface area contributed by atoms with E-state index in [1.807, 2.05) is 6.92 Å². The fourth-order valence-corrected chi connectivity index (χ4v) is 2.08. The minimum Gasteiger partial charge on any atom is -0.271 e. The highest BCUT2D eigenvalue weighted by Crippen LogP contribution is 2.20. The van der Waals surface area contributed by atoms with Crippen LogP contribution >= 0.6 is 0 Å². The first kappa shape index (κ1) is 13.6. The summed E-state index contributed by atoms with van der Waals surface area (Å²) in [5.41, 5.74) is 5.49. The number of aryl methyl sites for hydroxylation is 1. The van der Waals surface area contributed by atoms with Gasteiger partial charge in [0.1, 0.15) is 11.6 Å². The molecule has 0 bridgehead atoms. The Morgan fingerprint density at radius 1 is 1.05 bits per heavy atom. The number of rotatable bonds is 4. The quantitative estimate of drug-likeness (QED) is 0.656. The summed E-state index contributed by atoms with van der Waals surface area (Å²) in [6.07, 6.45) is 0.619. The first-order chi connectivity index (χ1) is 9.10. The van der Waals surface area contributed by atoms with Gasteiger partial charge in [-0.1, -0.05) is 18.2 Å². The van der Waals surface area contributed by atoms with Crippen molar-refractivity contribution in [1.29, 1.82) is 0 Å². The summed E-state index contributed by atoms with van der Waals surface area (Å²) in [6.45, 7) is 1.86. The van der Waals surface area contributed by atoms with E-state index in [1.165, 1.54) is 24.3 Å². The van der Waals surface area contributed by atoms with Crippen LogP contribution in [-0.4, -0.2) is 0 Å². The third kappa shape index (κ3) is 3.36. The maximum atomic E-state index is 13.1. The molecule has 0 aliphatic rings. The van der Waals surface area contributed by atoms with Crippen molar-refractivity contribution >= 4 is 0 Å². The minimum atomic E-state index is -0.280. The second-order valence-corrected chi connectivity index (χ2v) is 4.55. The van der Waals surface area contributed by atoms with E-state index in [0.29, 0.717) is 6.42 Å². The van der Waals surface area contributed by atoms with Crippen molar-refractivity contribution in [3.63, 3.8) is 0 Å². The van der Waals surface area contributed by atoms with Gasteiger partial charge in [-0.25, -0.2) is 8.78 Å². The molecule has 2 rings (SSSR count). The van der Waals surface area contributed by atoms with Gasteiger partial charge < -0.3 is 0 Å². The predicted molar refractivity (Wildman–Crippen MR) is 71.3 cm³/mol. The van der Waals surface area contributed by atoms with Crippen molar-refractivity contribution in [3.8, 4) is 0 Å². The van der Waals surface area contributed by atoms with E-state index >= 15 is 0 Å². The SMILES string of the molecule is Cc1cc(F)ccc1CC(NN)c1ccc(F)cc1. The van der Waals surface area contributed by atoms with Gasteiger partial charge in [-0.3, -0.25) is 11.3 Å². The third-order valence-corrected chi connectivity index (χ3v) is 3.20. The molecular formula is C15H16F2N2. The second-order valence-electron chi connectivity index (χ2n) is 4.55. The Kier molecular flexibility index (Phi) is 4.24. The number of hydrogen-bond donors (Lipinski definition) is 2. The second kappa shape index (κ2) is 5.91. The van der Waals surface area contributed by atoms with Crippen molar-refractivity contribution in [1.82, 2.24) is 5.43 Å². The zero-order valence-electron chi connectivity index (χ0n) is 10.7. The molecule has 0 saturated carbocycles. The van der Waals surface area contributed by atoms with Crippen LogP contribution in [-0.2, 0) is 6.42 Å². The third-order valence-electron chi connectivity index (χ3n) is 3.20. The summed E-state index contributed by atoms with van der Waals surface area (Å²) in [7, 11) is 0. The molecule has 2 nitrogen and oxygen atoms in total. The zero-order valence-corrected chi connectivity index (χ0v) is 10.7. The van der Waals surface area contributed by atoms with Gasteiger partial charge in [0.15, 0.2) is 0 Å². The normalized spacial score (nSPS) is 12.4. The molecule has 0 aliphatic carbocycles. The Morgan fingerprint density at radius 3 is 2.26 bits per heavy atom. The molecule has 1 atom stereocenters. The molecule has 0 aliphatic heterocycles. The van der Waals surface area contributed by atoms with E-state index in [1.54, 1.807) is 18.2 Å². The molecular weight excluding hydrogens is 246 g/mol. The fraction of sp³-hybridized carbons (Fsp3) is 0.200. The molecule has 0 spiro atoms. The number of nitrogens with two attached hydrogens (primary N) is 1. The van der Waals surface area contributed by atoms with Crippen molar-refractivity contribution < 1.29 is 8.78 Å². The molecule has 19 heavy (non-hydrogen) atoms. The number of hydrazine groups is 1. The molecule has 4 heteroatoms. The van der Waals surface area contributed by atoms with Gasteiger partial charge in [-0.2, -0.15) is 0 Å². The van der Waals surface area contributed by atoms with Crippen LogP contribution < -0.4 is 11.3 Å². The predicted octanol–water partition coefficient (Wildman–Crippen LogP) is 3.02. The molecule has 0 aromatic heterocycles. The van der Waals surface area contributed by atoms with Crippen molar-refractivity contribution in [3.05, 3.63) is 70.8 Å². The summed E-state index contributed by atoms with van der Waals surface area (Å²) < 4.78 is 25.9. The number of nitrogens with one attached hydrogen (secondary N) is 1. The van der Waals surface area contributed by atoms with E-state index in [-0.39, 0.29) is 17.7 Å². The number of halogens is 2. The molecule has 0 radical (unpaired) electrons. The minimum absolute atomic E-state index is 0.134. The molecule has 0 amide bonds. The van der Waals surface area contributed by atoms with Gasteiger partial charge in [0.25, 0.3) is 0 Å². The molecule has 0 saturated heterocycles. The van der Waals surface area contributed by atoms with Crippen molar-refractivity contribution in [2.24, 2.45) is 5.84 Å². The van der Waals surface area contributed by atoms with Crippen LogP contribution in [0.4, 0.5) is 8.78 Å². The summed E-state index contributed by atoms with van der Waals surface area (Å²) in [5, 5.41) is 0. The van der Waals surface area contributed by atoms with Gasteiger partial charge in [-0.05, 0) is 54.3 Å². The van der Waals surface area contributed by atoms with Crippen LogP contribution in [0.15, 0.2) is 42.5 Å². The highest BCUT2D eigenvalue weighted by atomic mass is 19.1. The van der Waals surface area contributed by atoms with Crippen molar-refractivity contribution in [2.75, 3.05) is 0 Å². The Hall–Kier alpha value is -1.78. The summed E-state index contributed by atoms with van der Waals surface area (Å²) in [5.74, 6) is 5.02. The highest BCUT2D eigenvalue weighted by molar-refractivity contribution is 5.30. The van der Waals surface area contributed by atoms with Gasteiger partial charge in [0.2, 0.25) is 0 Å². The molecule has 2 aromatic rings. The van der Waals surface area contributed by atoms with E-state index in [2.05, 4.69) is 5.43 Å². The number of benzene rings is 2. The van der Waals surface area contributed by atoms with E-state index in [0.717, 1.165) is 16.7 Å². The van der Waals surface area contributed by atoms with Gasteiger partial charge in [0, 0.05) is 6.04 Å². The molecule has 0 heterocycles. The maximum Gasteiger partial charge on any atom is 0.123 e. The van der Waals surface area contributed by atoms with Crippen LogP contribution in [0.25, 0.3) is 0 Å². The average Bonchev–Trinajstić information content (AvgIpc) is 2.39. The Morgan fingerprint density at radius 2 is 1.68 bits per heavy atom. The lowest BCUT2D eigenvalue weighted by molar-refractivity contribution is 0.547. The Balaban J connectivity index is 2.21. The topological polar surface area (TPSA) is 38.0 Å². The van der Waals surface area contributed by atoms with Crippen LogP contribution in [0.2, 0.25) is 0 Å². The van der Waals surface area contributed by atoms with E-state index in [4.69, 9.17) is 5.84 Å². The maximum absolute atomic E-state index is 13.1. The highest BCUT2D eigenvalue weighted by Gasteiger charge is 2.12. The van der Waals surface area contributed by atoms with E-state index < -0.39 is 0 Å². The lowest BCUT2D eigenvalue weighted by Crippen LogP contribution is -2.29. The number of hydrogen-bond acceptors (Lipinski definition) is 2. The van der Waals surface area contributed by atoms with Gasteiger partial charge in [0.05, 0.1) is 0 Å². The largest absolute Gasteiger partial charge is 0.271 e. The first-order valence-electron chi connectivity index (χ1n) is 6.07. The first-order valence-corrected chi connectivity index (χ1v) is 6.07.